The fourth-order valence-corrected chi connectivity index (χ4v) is 2.57. The minimum atomic E-state index is -0.857. The van der Waals surface area contributed by atoms with E-state index in [-0.39, 0.29) is 23.6 Å². The van der Waals surface area contributed by atoms with E-state index in [0.717, 1.165) is 4.90 Å². The molecule has 1 aliphatic heterocycles. The molecule has 27 heavy (non-hydrogen) atoms. The number of methoxy groups -OCH3 is 1. The molecule has 0 aromatic heterocycles. The van der Waals surface area contributed by atoms with Crippen molar-refractivity contribution < 1.29 is 28.6 Å². The van der Waals surface area contributed by atoms with Crippen molar-refractivity contribution in [1.29, 1.82) is 0 Å². The van der Waals surface area contributed by atoms with E-state index in [1.165, 1.54) is 49.6 Å². The lowest BCUT2D eigenvalue weighted by Crippen LogP contribution is -2.53. The van der Waals surface area contributed by atoms with Gasteiger partial charge in [0.2, 0.25) is 0 Å². The Hall–Kier alpha value is -3.68. The third-order valence-corrected chi connectivity index (χ3v) is 3.95. The van der Waals surface area contributed by atoms with Crippen LogP contribution in [-0.2, 0) is 16.1 Å². The molecule has 2 aromatic carbocycles. The Morgan fingerprint density at radius 2 is 1.85 bits per heavy atom. The molecule has 8 heteroatoms. The Kier molecular flexibility index (Phi) is 4.89. The van der Waals surface area contributed by atoms with Gasteiger partial charge in [-0.1, -0.05) is 18.2 Å². The zero-order chi connectivity index (χ0) is 19.6. The van der Waals surface area contributed by atoms with Crippen molar-refractivity contribution in [3.8, 4) is 11.5 Å². The van der Waals surface area contributed by atoms with Gasteiger partial charge in [-0.25, -0.2) is 9.18 Å². The Morgan fingerprint density at radius 3 is 2.48 bits per heavy atom. The zero-order valence-corrected chi connectivity index (χ0v) is 14.2. The molecule has 138 valence electrons. The molecule has 0 saturated carbocycles. The second-order valence-electron chi connectivity index (χ2n) is 5.77. The van der Waals surface area contributed by atoms with E-state index >= 15 is 0 Å². The van der Waals surface area contributed by atoms with E-state index in [0.29, 0.717) is 11.1 Å². The minimum absolute atomic E-state index is 0.122. The van der Waals surface area contributed by atoms with Crippen LogP contribution in [0.2, 0.25) is 0 Å². The first-order valence-corrected chi connectivity index (χ1v) is 7.89. The first kappa shape index (κ1) is 18.1. The van der Waals surface area contributed by atoms with Crippen LogP contribution in [0.3, 0.4) is 0 Å². The van der Waals surface area contributed by atoms with Crippen molar-refractivity contribution in [3.05, 3.63) is 65.0 Å². The van der Waals surface area contributed by atoms with Crippen LogP contribution in [0.4, 0.5) is 9.18 Å². The molecule has 7 nitrogen and oxygen atoms in total. The summed E-state index contributed by atoms with van der Waals surface area (Å²) >= 11 is 0. The molecule has 1 fully saturated rings. The fourth-order valence-electron chi connectivity index (χ4n) is 2.57. The van der Waals surface area contributed by atoms with Crippen molar-refractivity contribution in [2.75, 3.05) is 7.11 Å². The predicted octanol–water partition coefficient (Wildman–Crippen LogP) is 2.20. The standard InChI is InChI=1S/C19H15FN2O5/c1-27-16-7-4-12(9-15(16)23)8-14-17(24)21-19(26)22(18(14)25)10-11-2-5-13(20)6-3-11/h2-9,23H,10H2,1H3,(H,21,24,26)/b14-8+. The average Bonchev–Trinajstić information content (AvgIpc) is 2.64. The molecule has 1 saturated heterocycles. The number of rotatable bonds is 4. The summed E-state index contributed by atoms with van der Waals surface area (Å²) < 4.78 is 18.0. The number of phenolic OH excluding ortho intramolecular Hbond substituents is 1. The van der Waals surface area contributed by atoms with Gasteiger partial charge in [0.1, 0.15) is 11.4 Å². The van der Waals surface area contributed by atoms with Crippen molar-refractivity contribution in [2.45, 2.75) is 6.54 Å². The normalized spacial score (nSPS) is 15.9. The SMILES string of the molecule is COc1ccc(/C=C2\C(=O)NC(=O)N(Cc3ccc(F)cc3)C2=O)cc1O. The maximum Gasteiger partial charge on any atom is 0.331 e. The molecule has 1 heterocycles. The highest BCUT2D eigenvalue weighted by molar-refractivity contribution is 6.30. The Labute approximate surface area is 153 Å². The highest BCUT2D eigenvalue weighted by Crippen LogP contribution is 2.27. The first-order chi connectivity index (χ1) is 12.9. The largest absolute Gasteiger partial charge is 0.504 e. The van der Waals surface area contributed by atoms with Gasteiger partial charge in [-0.2, -0.15) is 0 Å². The lowest BCUT2D eigenvalue weighted by molar-refractivity contribution is -0.130. The highest BCUT2D eigenvalue weighted by Gasteiger charge is 2.35. The number of carbonyl (C=O) groups excluding carboxylic acids is 3. The summed E-state index contributed by atoms with van der Waals surface area (Å²) in [6.45, 7) is -0.122. The number of phenols is 1. The lowest BCUT2D eigenvalue weighted by atomic mass is 10.1. The summed E-state index contributed by atoms with van der Waals surface area (Å²) in [4.78, 5) is 37.6. The average molecular weight is 370 g/mol. The van der Waals surface area contributed by atoms with E-state index in [4.69, 9.17) is 4.74 Å². The van der Waals surface area contributed by atoms with E-state index in [9.17, 15) is 23.9 Å². The number of ether oxygens (including phenoxy) is 1. The molecule has 1 aliphatic rings. The molecule has 2 N–H and O–H groups in total. The van der Waals surface area contributed by atoms with Crippen LogP contribution in [-0.4, -0.2) is 35.0 Å². The van der Waals surface area contributed by atoms with Gasteiger partial charge >= 0.3 is 6.03 Å². The molecular formula is C19H15FN2O5. The molecule has 0 radical (unpaired) electrons. The van der Waals surface area contributed by atoms with Gasteiger partial charge in [0.25, 0.3) is 11.8 Å². The van der Waals surface area contributed by atoms with Crippen LogP contribution in [0.15, 0.2) is 48.0 Å². The molecule has 4 amide bonds. The van der Waals surface area contributed by atoms with E-state index in [1.807, 2.05) is 0 Å². The van der Waals surface area contributed by atoms with Crippen LogP contribution in [0.1, 0.15) is 11.1 Å². The Morgan fingerprint density at radius 1 is 1.15 bits per heavy atom. The summed E-state index contributed by atoms with van der Waals surface area (Å²) in [5.74, 6) is -1.98. The summed E-state index contributed by atoms with van der Waals surface area (Å²) in [5.41, 5.74) is 0.639. The summed E-state index contributed by atoms with van der Waals surface area (Å²) in [6.07, 6.45) is 1.26. The van der Waals surface area contributed by atoms with Crippen molar-refractivity contribution in [2.24, 2.45) is 0 Å². The van der Waals surface area contributed by atoms with E-state index in [1.54, 1.807) is 6.07 Å². The van der Waals surface area contributed by atoms with Crippen LogP contribution < -0.4 is 10.1 Å². The van der Waals surface area contributed by atoms with Crippen molar-refractivity contribution in [1.82, 2.24) is 10.2 Å². The minimum Gasteiger partial charge on any atom is -0.504 e. The van der Waals surface area contributed by atoms with Crippen LogP contribution in [0.25, 0.3) is 6.08 Å². The number of hydrogen-bond acceptors (Lipinski definition) is 5. The van der Waals surface area contributed by atoms with Gasteiger partial charge < -0.3 is 9.84 Å². The topological polar surface area (TPSA) is 95.9 Å². The third-order valence-electron chi connectivity index (χ3n) is 3.95. The van der Waals surface area contributed by atoms with Gasteiger partial charge in [-0.05, 0) is 41.5 Å². The summed E-state index contributed by atoms with van der Waals surface area (Å²) in [6, 6.07) is 8.81. The maximum atomic E-state index is 13.0. The predicted molar refractivity (Wildman–Crippen MR) is 93.1 cm³/mol. The molecule has 0 unspecified atom stereocenters. The number of hydrogen-bond donors (Lipinski definition) is 2. The van der Waals surface area contributed by atoms with Gasteiger partial charge in [0, 0.05) is 0 Å². The van der Waals surface area contributed by atoms with Gasteiger partial charge in [-0.3, -0.25) is 19.8 Å². The number of carbonyl (C=O) groups is 3. The number of imide groups is 2. The first-order valence-electron chi connectivity index (χ1n) is 7.89. The number of urea groups is 1. The number of nitrogens with one attached hydrogen (secondary N) is 1. The Bertz CT molecular complexity index is 953. The maximum absolute atomic E-state index is 13.0. The second-order valence-corrected chi connectivity index (χ2v) is 5.77. The second kappa shape index (κ2) is 7.28. The number of aromatic hydroxyl groups is 1. The molecule has 3 rings (SSSR count). The number of barbiturate groups is 1. The quantitative estimate of drug-likeness (QED) is 0.635. The number of halogens is 1. The molecular weight excluding hydrogens is 355 g/mol. The van der Waals surface area contributed by atoms with Crippen LogP contribution in [0.5, 0.6) is 11.5 Å². The van der Waals surface area contributed by atoms with E-state index in [2.05, 4.69) is 5.32 Å². The Balaban J connectivity index is 1.89. The number of nitrogens with zero attached hydrogens (tertiary/aromatic N) is 1. The van der Waals surface area contributed by atoms with Gasteiger partial charge in [0.15, 0.2) is 11.5 Å². The monoisotopic (exact) mass is 370 g/mol. The smallest absolute Gasteiger partial charge is 0.331 e. The van der Waals surface area contributed by atoms with Crippen LogP contribution >= 0.6 is 0 Å². The molecule has 2 aromatic rings. The van der Waals surface area contributed by atoms with Crippen LogP contribution in [0, 0.1) is 5.82 Å². The van der Waals surface area contributed by atoms with E-state index < -0.39 is 23.7 Å². The summed E-state index contributed by atoms with van der Waals surface area (Å²) in [7, 11) is 1.39. The molecule has 0 spiro atoms. The molecule has 0 bridgehead atoms. The molecule has 0 aliphatic carbocycles. The summed E-state index contributed by atoms with van der Waals surface area (Å²) in [5, 5.41) is 11.9. The van der Waals surface area contributed by atoms with Gasteiger partial charge in [-0.15, -0.1) is 0 Å². The fraction of sp³-hybridized carbons (Fsp3) is 0.105. The van der Waals surface area contributed by atoms with Crippen molar-refractivity contribution in [3.63, 3.8) is 0 Å². The highest BCUT2D eigenvalue weighted by atomic mass is 19.1. The number of amides is 4. The zero-order valence-electron chi connectivity index (χ0n) is 14.2. The van der Waals surface area contributed by atoms with Crippen molar-refractivity contribution >= 4 is 23.9 Å². The lowest BCUT2D eigenvalue weighted by Gasteiger charge is -2.26. The third kappa shape index (κ3) is 3.79. The number of benzene rings is 2. The van der Waals surface area contributed by atoms with Gasteiger partial charge in [0.05, 0.1) is 13.7 Å². The molecule has 0 atom stereocenters.